The van der Waals surface area contributed by atoms with Gasteiger partial charge in [0, 0.05) is 55.8 Å². The number of aromatic nitrogens is 1. The van der Waals surface area contributed by atoms with Crippen molar-refractivity contribution in [2.45, 2.75) is 59.3 Å². The molecule has 0 bridgehead atoms. The molecule has 0 spiro atoms. The first-order valence-electron chi connectivity index (χ1n) is 16.8. The van der Waals surface area contributed by atoms with E-state index in [0.717, 1.165) is 105 Å². The number of aliphatic imine (C=N–C) groups is 1. The zero-order valence-electron chi connectivity index (χ0n) is 28.1. The van der Waals surface area contributed by atoms with Crippen molar-refractivity contribution < 1.29 is 18.6 Å². The van der Waals surface area contributed by atoms with Gasteiger partial charge in [-0.2, -0.15) is 0 Å². The molecule has 1 unspecified atom stereocenters. The first-order valence-corrected chi connectivity index (χ1v) is 17.6. The van der Waals surface area contributed by atoms with Gasteiger partial charge in [-0.15, -0.1) is 11.3 Å². The molecule has 3 aromatic rings. The number of rotatable bonds is 19. The molecule has 2 heterocycles. The van der Waals surface area contributed by atoms with Crippen LogP contribution in [0.3, 0.4) is 0 Å². The number of allylic oxidation sites excluding steroid dienone is 2. The minimum atomic E-state index is -0.276. The molecule has 2 aromatic carbocycles. The number of fused-ring (bicyclic) bond motifs is 1. The summed E-state index contributed by atoms with van der Waals surface area (Å²) in [7, 11) is 1.65. The second-order valence-corrected chi connectivity index (χ2v) is 12.9. The van der Waals surface area contributed by atoms with Gasteiger partial charge in [-0.1, -0.05) is 27.4 Å². The minimum Gasteiger partial charge on any atom is -0.494 e. The molecule has 1 fully saturated rings. The average Bonchev–Trinajstić information content (AvgIpc) is 3.50. The van der Waals surface area contributed by atoms with Crippen LogP contribution in [0.15, 0.2) is 65.5 Å². The SMILES string of the molecule is C=C(C=C(CC)N=CC(C)CC)OCCCCN1CCN(CCCCOc2ccc(-c3nc4cc(F)ccc4s3)cc2OC)CC1. The summed E-state index contributed by atoms with van der Waals surface area (Å²) in [6.07, 6.45) is 10.2. The predicted octanol–water partition coefficient (Wildman–Crippen LogP) is 8.61. The molecule has 0 saturated carbocycles. The Labute approximate surface area is 278 Å². The summed E-state index contributed by atoms with van der Waals surface area (Å²) < 4.78 is 32.1. The van der Waals surface area contributed by atoms with Gasteiger partial charge in [0.25, 0.3) is 0 Å². The van der Waals surface area contributed by atoms with Gasteiger partial charge < -0.3 is 24.0 Å². The van der Waals surface area contributed by atoms with Crippen LogP contribution in [0.5, 0.6) is 11.5 Å². The summed E-state index contributed by atoms with van der Waals surface area (Å²) >= 11 is 1.54. The van der Waals surface area contributed by atoms with Crippen LogP contribution in [0.2, 0.25) is 0 Å². The Bertz CT molecular complexity index is 1450. The maximum atomic E-state index is 13.6. The Balaban J connectivity index is 1.07. The van der Waals surface area contributed by atoms with E-state index in [1.54, 1.807) is 13.2 Å². The summed E-state index contributed by atoms with van der Waals surface area (Å²) in [5, 5.41) is 0.832. The molecular formula is C37H51FN4O3S. The van der Waals surface area contributed by atoms with E-state index in [1.807, 2.05) is 30.5 Å². The number of unbranched alkanes of at least 4 members (excludes halogenated alkanes) is 2. The summed E-state index contributed by atoms with van der Waals surface area (Å²) in [6, 6.07) is 10.6. The maximum absolute atomic E-state index is 13.6. The monoisotopic (exact) mass is 650 g/mol. The summed E-state index contributed by atoms with van der Waals surface area (Å²) in [4.78, 5) is 14.3. The quantitative estimate of drug-likeness (QED) is 0.0561. The van der Waals surface area contributed by atoms with Crippen molar-refractivity contribution in [3.63, 3.8) is 0 Å². The van der Waals surface area contributed by atoms with Gasteiger partial charge in [-0.05, 0) is 87.9 Å². The normalized spacial score (nSPS) is 15.5. The van der Waals surface area contributed by atoms with E-state index in [-0.39, 0.29) is 5.82 Å². The van der Waals surface area contributed by atoms with Crippen molar-refractivity contribution in [1.29, 1.82) is 0 Å². The molecule has 46 heavy (non-hydrogen) atoms. The molecule has 9 heteroatoms. The Morgan fingerprint density at radius 3 is 2.39 bits per heavy atom. The Hall–Kier alpha value is -3.27. The standard InChI is InChI=1S/C37H51FN4O3S/c1-6-28(3)27-39-32(7-2)24-29(4)44-22-10-8-16-41-18-20-42(21-19-41)17-9-11-23-45-34-14-12-30(25-35(34)43-5)37-40-33-26-31(38)13-15-36(33)46-37/h12-15,24-28H,4,6-11,16-23H2,1-3,5H3. The first-order chi connectivity index (χ1) is 22.4. The van der Waals surface area contributed by atoms with E-state index >= 15 is 0 Å². The number of ether oxygens (including phenoxy) is 3. The summed E-state index contributed by atoms with van der Waals surface area (Å²) in [6.45, 7) is 18.5. The van der Waals surface area contributed by atoms with Crippen LogP contribution in [0, 0.1) is 11.7 Å². The average molecular weight is 651 g/mol. The topological polar surface area (TPSA) is 59.4 Å². The van der Waals surface area contributed by atoms with E-state index < -0.39 is 0 Å². The number of methoxy groups -OCH3 is 1. The molecule has 0 aliphatic carbocycles. The van der Waals surface area contributed by atoms with Crippen molar-refractivity contribution in [2.24, 2.45) is 10.9 Å². The third-order valence-electron chi connectivity index (χ3n) is 8.34. The minimum absolute atomic E-state index is 0.276. The Kier molecular flexibility index (Phi) is 14.5. The van der Waals surface area contributed by atoms with E-state index in [9.17, 15) is 4.39 Å². The fourth-order valence-corrected chi connectivity index (χ4v) is 6.17. The lowest BCUT2D eigenvalue weighted by Gasteiger charge is -2.34. The summed E-state index contributed by atoms with van der Waals surface area (Å²) in [5.41, 5.74) is 2.62. The number of halogens is 1. The smallest absolute Gasteiger partial charge is 0.161 e. The second kappa shape index (κ2) is 18.8. The molecule has 0 radical (unpaired) electrons. The van der Waals surface area contributed by atoms with Crippen LogP contribution in [-0.4, -0.2) is 80.6 Å². The Morgan fingerprint density at radius 1 is 1.00 bits per heavy atom. The van der Waals surface area contributed by atoms with E-state index in [2.05, 4.69) is 47.1 Å². The predicted molar refractivity (Wildman–Crippen MR) is 190 cm³/mol. The molecular weight excluding hydrogens is 599 g/mol. The van der Waals surface area contributed by atoms with Crippen LogP contribution in [0.25, 0.3) is 20.8 Å². The molecule has 250 valence electrons. The van der Waals surface area contributed by atoms with E-state index in [0.29, 0.717) is 36.2 Å². The number of hydrogen-bond acceptors (Lipinski definition) is 8. The van der Waals surface area contributed by atoms with Gasteiger partial charge in [0.2, 0.25) is 0 Å². The van der Waals surface area contributed by atoms with Gasteiger partial charge in [0.15, 0.2) is 11.5 Å². The lowest BCUT2D eigenvalue weighted by Crippen LogP contribution is -2.46. The highest BCUT2D eigenvalue weighted by Crippen LogP contribution is 2.36. The van der Waals surface area contributed by atoms with Gasteiger partial charge in [0.05, 0.1) is 30.5 Å². The van der Waals surface area contributed by atoms with Crippen LogP contribution in [0.1, 0.15) is 59.3 Å². The number of hydrogen-bond donors (Lipinski definition) is 0. The zero-order chi connectivity index (χ0) is 32.7. The van der Waals surface area contributed by atoms with E-state index in [1.165, 1.54) is 23.5 Å². The molecule has 7 nitrogen and oxygen atoms in total. The van der Waals surface area contributed by atoms with Crippen LogP contribution in [0.4, 0.5) is 4.39 Å². The number of nitrogens with zero attached hydrogens (tertiary/aromatic N) is 4. The molecule has 1 aliphatic rings. The van der Waals surface area contributed by atoms with Gasteiger partial charge in [-0.25, -0.2) is 9.37 Å². The van der Waals surface area contributed by atoms with Gasteiger partial charge in [-0.3, -0.25) is 4.99 Å². The van der Waals surface area contributed by atoms with Crippen molar-refractivity contribution in [1.82, 2.24) is 14.8 Å². The molecule has 1 atom stereocenters. The lowest BCUT2D eigenvalue weighted by molar-refractivity contribution is 0.124. The van der Waals surface area contributed by atoms with Crippen LogP contribution < -0.4 is 9.47 Å². The highest BCUT2D eigenvalue weighted by Gasteiger charge is 2.16. The second-order valence-electron chi connectivity index (χ2n) is 11.9. The van der Waals surface area contributed by atoms with Crippen molar-refractivity contribution in [3.8, 4) is 22.1 Å². The zero-order valence-corrected chi connectivity index (χ0v) is 28.9. The van der Waals surface area contributed by atoms with Crippen molar-refractivity contribution in [3.05, 3.63) is 66.3 Å². The third kappa shape index (κ3) is 11.2. The summed E-state index contributed by atoms with van der Waals surface area (Å²) in [5.74, 6) is 2.33. The molecule has 0 amide bonds. The molecule has 1 aliphatic heterocycles. The molecule has 1 aromatic heterocycles. The number of benzene rings is 2. The largest absolute Gasteiger partial charge is 0.494 e. The first kappa shape index (κ1) is 35.6. The van der Waals surface area contributed by atoms with E-state index in [4.69, 9.17) is 14.2 Å². The molecule has 0 N–H and O–H groups in total. The van der Waals surface area contributed by atoms with Gasteiger partial charge >= 0.3 is 0 Å². The van der Waals surface area contributed by atoms with Gasteiger partial charge in [0.1, 0.15) is 16.6 Å². The fraction of sp³-hybridized carbons (Fsp3) is 0.514. The Morgan fingerprint density at radius 2 is 1.72 bits per heavy atom. The maximum Gasteiger partial charge on any atom is 0.161 e. The number of thiazole rings is 1. The fourth-order valence-electron chi connectivity index (χ4n) is 5.23. The van der Waals surface area contributed by atoms with Crippen molar-refractivity contribution in [2.75, 3.05) is 59.6 Å². The van der Waals surface area contributed by atoms with Crippen molar-refractivity contribution >= 4 is 27.8 Å². The highest BCUT2D eigenvalue weighted by atomic mass is 32.1. The van der Waals surface area contributed by atoms with Crippen LogP contribution in [-0.2, 0) is 4.74 Å². The highest BCUT2D eigenvalue weighted by molar-refractivity contribution is 7.21. The lowest BCUT2D eigenvalue weighted by atomic mass is 10.1. The van der Waals surface area contributed by atoms with Crippen LogP contribution >= 0.6 is 11.3 Å². The molecule has 4 rings (SSSR count). The molecule has 1 saturated heterocycles. The third-order valence-corrected chi connectivity index (χ3v) is 9.42. The number of piperazine rings is 1.